The van der Waals surface area contributed by atoms with Crippen LogP contribution in [0.2, 0.25) is 0 Å². The quantitative estimate of drug-likeness (QED) is 0.442. The molecule has 0 spiro atoms. The van der Waals surface area contributed by atoms with Crippen molar-refractivity contribution < 1.29 is 4.79 Å². The fraction of sp³-hybridized carbons (Fsp3) is 0.571. The molecule has 0 atom stereocenters. The summed E-state index contributed by atoms with van der Waals surface area (Å²) in [6, 6.07) is 0. The van der Waals surface area contributed by atoms with E-state index in [-0.39, 0.29) is 0 Å². The van der Waals surface area contributed by atoms with Crippen LogP contribution >= 0.6 is 0 Å². The highest BCUT2D eigenvalue weighted by atomic mass is 16.1. The number of carbonyl (C=O) groups excluding carboxylic acids is 1. The van der Waals surface area contributed by atoms with E-state index < -0.39 is 0 Å². The summed E-state index contributed by atoms with van der Waals surface area (Å²) in [6.45, 7) is 3.72. The van der Waals surface area contributed by atoms with Crippen molar-refractivity contribution in [2.75, 3.05) is 7.05 Å². The number of allylic oxidation sites excluding steroid dienone is 1. The Kier molecular flexibility index (Phi) is 4.88. The lowest BCUT2D eigenvalue weighted by Crippen LogP contribution is -2.03. The van der Waals surface area contributed by atoms with Crippen LogP contribution in [0, 0.1) is 0 Å². The zero-order valence-electron chi connectivity index (χ0n) is 5.81. The van der Waals surface area contributed by atoms with Gasteiger partial charge in [-0.3, -0.25) is 0 Å². The Bertz CT molecular complexity index is 99.1. The summed E-state index contributed by atoms with van der Waals surface area (Å²) in [6.07, 6.45) is 3.38. The first-order valence-electron chi connectivity index (χ1n) is 3.10. The van der Waals surface area contributed by atoms with E-state index in [1.54, 1.807) is 0 Å². The summed E-state index contributed by atoms with van der Waals surface area (Å²) in [5.41, 5.74) is 0.997. The van der Waals surface area contributed by atoms with Gasteiger partial charge in [-0.25, -0.2) is 0 Å². The van der Waals surface area contributed by atoms with Crippen LogP contribution in [0.15, 0.2) is 12.3 Å². The van der Waals surface area contributed by atoms with Crippen LogP contribution in [-0.2, 0) is 4.79 Å². The maximum absolute atomic E-state index is 9.82. The Morgan fingerprint density at radius 3 is 2.89 bits per heavy atom. The van der Waals surface area contributed by atoms with E-state index in [4.69, 9.17) is 0 Å². The smallest absolute Gasteiger partial charge is 0.120 e. The molecule has 0 unspecified atom stereocenters. The fourth-order valence-electron chi connectivity index (χ4n) is 0.524. The maximum Gasteiger partial charge on any atom is 0.120 e. The summed E-state index contributed by atoms with van der Waals surface area (Å²) >= 11 is 0. The van der Waals surface area contributed by atoms with Crippen molar-refractivity contribution in [3.8, 4) is 0 Å². The molecule has 0 fully saturated rings. The predicted molar refractivity (Wildman–Crippen MR) is 38.1 cm³/mol. The first kappa shape index (κ1) is 8.21. The first-order chi connectivity index (χ1) is 4.31. The number of unbranched alkanes of at least 4 members (excludes halogenated alkanes) is 1. The van der Waals surface area contributed by atoms with Crippen LogP contribution in [0.1, 0.15) is 19.3 Å². The van der Waals surface area contributed by atoms with Crippen LogP contribution in [-0.4, -0.2) is 13.3 Å². The van der Waals surface area contributed by atoms with Gasteiger partial charge in [-0.05, 0) is 12.8 Å². The highest BCUT2D eigenvalue weighted by Gasteiger charge is 1.88. The number of nitrogens with one attached hydrogen (secondary N) is 1. The molecule has 2 heteroatoms. The van der Waals surface area contributed by atoms with Crippen molar-refractivity contribution >= 4 is 6.29 Å². The Balaban J connectivity index is 3.06. The highest BCUT2D eigenvalue weighted by molar-refractivity contribution is 5.49. The molecule has 0 aromatic carbocycles. The van der Waals surface area contributed by atoms with Crippen molar-refractivity contribution in [1.82, 2.24) is 5.32 Å². The minimum Gasteiger partial charge on any atom is -0.392 e. The SMILES string of the molecule is C=C(CCCC=O)NC. The van der Waals surface area contributed by atoms with Gasteiger partial charge in [0, 0.05) is 19.2 Å². The van der Waals surface area contributed by atoms with Gasteiger partial charge in [-0.15, -0.1) is 0 Å². The van der Waals surface area contributed by atoms with E-state index in [1.165, 1.54) is 0 Å². The lowest BCUT2D eigenvalue weighted by atomic mass is 10.2. The zero-order valence-corrected chi connectivity index (χ0v) is 5.81. The fourth-order valence-corrected chi connectivity index (χ4v) is 0.524. The molecule has 0 amide bonds. The first-order valence-corrected chi connectivity index (χ1v) is 3.10. The lowest BCUT2D eigenvalue weighted by molar-refractivity contribution is -0.107. The van der Waals surface area contributed by atoms with Crippen LogP contribution in [0.3, 0.4) is 0 Å². The van der Waals surface area contributed by atoms with E-state index in [1.807, 2.05) is 7.05 Å². The molecule has 0 aliphatic rings. The van der Waals surface area contributed by atoms with E-state index >= 15 is 0 Å². The molecule has 0 radical (unpaired) electrons. The third-order valence-corrected chi connectivity index (χ3v) is 1.15. The summed E-state index contributed by atoms with van der Waals surface area (Å²) in [4.78, 5) is 9.82. The van der Waals surface area contributed by atoms with Crippen LogP contribution in [0.25, 0.3) is 0 Å². The van der Waals surface area contributed by atoms with Crippen LogP contribution < -0.4 is 5.32 Å². The average molecular weight is 127 g/mol. The standard InChI is InChI=1S/C7H13NO/c1-7(8-2)5-3-4-6-9/h6,8H,1,3-5H2,2H3. The minimum absolute atomic E-state index is 0.640. The highest BCUT2D eigenvalue weighted by Crippen LogP contribution is 1.98. The number of hydrogen-bond acceptors (Lipinski definition) is 2. The molecule has 0 heterocycles. The monoisotopic (exact) mass is 127 g/mol. The molecule has 9 heavy (non-hydrogen) atoms. The van der Waals surface area contributed by atoms with Gasteiger partial charge in [-0.2, -0.15) is 0 Å². The summed E-state index contributed by atoms with van der Waals surface area (Å²) in [7, 11) is 1.84. The third kappa shape index (κ3) is 5.07. The lowest BCUT2D eigenvalue weighted by Gasteiger charge is -2.00. The van der Waals surface area contributed by atoms with Crippen molar-refractivity contribution in [2.45, 2.75) is 19.3 Å². The molecule has 0 bridgehead atoms. The largest absolute Gasteiger partial charge is 0.392 e. The molecule has 0 aromatic heterocycles. The third-order valence-electron chi connectivity index (χ3n) is 1.15. The van der Waals surface area contributed by atoms with Crippen molar-refractivity contribution in [1.29, 1.82) is 0 Å². The van der Waals surface area contributed by atoms with Crippen molar-refractivity contribution in [3.05, 3.63) is 12.3 Å². The Hall–Kier alpha value is -0.790. The summed E-state index contributed by atoms with van der Waals surface area (Å²) in [5, 5.41) is 2.91. The molecule has 0 saturated carbocycles. The number of rotatable bonds is 5. The van der Waals surface area contributed by atoms with Crippen molar-refractivity contribution in [2.24, 2.45) is 0 Å². The van der Waals surface area contributed by atoms with Gasteiger partial charge in [0.05, 0.1) is 0 Å². The van der Waals surface area contributed by atoms with Gasteiger partial charge in [0.1, 0.15) is 6.29 Å². The number of aldehydes is 1. The average Bonchev–Trinajstić information content (AvgIpc) is 1.89. The van der Waals surface area contributed by atoms with Crippen LogP contribution in [0.4, 0.5) is 0 Å². The number of hydrogen-bond donors (Lipinski definition) is 1. The van der Waals surface area contributed by atoms with Gasteiger partial charge in [0.2, 0.25) is 0 Å². The van der Waals surface area contributed by atoms with Gasteiger partial charge < -0.3 is 10.1 Å². The second-order valence-electron chi connectivity index (χ2n) is 1.91. The molecule has 0 aliphatic heterocycles. The molecule has 52 valence electrons. The molecular weight excluding hydrogens is 114 g/mol. The van der Waals surface area contributed by atoms with Crippen LogP contribution in [0.5, 0.6) is 0 Å². The van der Waals surface area contributed by atoms with Crippen molar-refractivity contribution in [3.63, 3.8) is 0 Å². The van der Waals surface area contributed by atoms with Gasteiger partial charge in [0.25, 0.3) is 0 Å². The molecule has 0 saturated heterocycles. The van der Waals surface area contributed by atoms with Gasteiger partial charge in [-0.1, -0.05) is 6.58 Å². The van der Waals surface area contributed by atoms with Gasteiger partial charge in [0.15, 0.2) is 0 Å². The minimum atomic E-state index is 0.640. The Morgan fingerprint density at radius 2 is 2.44 bits per heavy atom. The topological polar surface area (TPSA) is 29.1 Å². The molecule has 0 aliphatic carbocycles. The molecule has 2 nitrogen and oxygen atoms in total. The molecular formula is C7H13NO. The van der Waals surface area contributed by atoms with E-state index in [9.17, 15) is 4.79 Å². The predicted octanol–water partition coefficient (Wildman–Crippen LogP) is 1.09. The maximum atomic E-state index is 9.82. The second-order valence-corrected chi connectivity index (χ2v) is 1.91. The van der Waals surface area contributed by atoms with E-state index in [0.717, 1.165) is 24.8 Å². The molecule has 0 rings (SSSR count). The normalized spacial score (nSPS) is 8.56. The van der Waals surface area contributed by atoms with E-state index in [2.05, 4.69) is 11.9 Å². The van der Waals surface area contributed by atoms with Gasteiger partial charge >= 0.3 is 0 Å². The molecule has 0 aromatic rings. The second kappa shape index (κ2) is 5.35. The Morgan fingerprint density at radius 1 is 1.78 bits per heavy atom. The zero-order chi connectivity index (χ0) is 7.11. The Labute approximate surface area is 56.0 Å². The van der Waals surface area contributed by atoms with E-state index in [0.29, 0.717) is 6.42 Å². The number of carbonyl (C=O) groups is 1. The summed E-state index contributed by atoms with van der Waals surface area (Å²) < 4.78 is 0. The summed E-state index contributed by atoms with van der Waals surface area (Å²) in [5.74, 6) is 0. The molecule has 1 N–H and O–H groups in total.